The van der Waals surface area contributed by atoms with Gasteiger partial charge in [-0.05, 0) is 18.6 Å². The lowest BCUT2D eigenvalue weighted by Crippen LogP contribution is -2.31. The average Bonchev–Trinajstić information content (AvgIpc) is 2.45. The molecule has 1 aromatic rings. The molecule has 9 heteroatoms. The van der Waals surface area contributed by atoms with E-state index in [1.165, 1.54) is 7.11 Å². The fraction of sp³-hybridized carbons (Fsp3) is 0.571. The molecule has 0 saturated heterocycles. The first kappa shape index (κ1) is 20.6. The Bertz CT molecular complexity index is 577. The lowest BCUT2D eigenvalue weighted by Gasteiger charge is -2.27. The molecule has 1 aromatic carbocycles. The average molecular weight is 386 g/mol. The van der Waals surface area contributed by atoms with Gasteiger partial charge in [0.15, 0.2) is 0 Å². The van der Waals surface area contributed by atoms with Crippen LogP contribution in [-0.4, -0.2) is 28.4 Å². The van der Waals surface area contributed by atoms with Gasteiger partial charge in [0.05, 0.1) is 0 Å². The molecular weight excluding hydrogens is 365 g/mol. The molecule has 0 radical (unpaired) electrons. The minimum absolute atomic E-state index is 0.0805. The predicted octanol–water partition coefficient (Wildman–Crippen LogP) is 3.43. The van der Waals surface area contributed by atoms with Gasteiger partial charge in [0.25, 0.3) is 0 Å². The van der Waals surface area contributed by atoms with Gasteiger partial charge in [-0.1, -0.05) is 49.0 Å². The van der Waals surface area contributed by atoms with Crippen LogP contribution in [0.4, 0.5) is 0 Å². The molecule has 0 amide bonds. The van der Waals surface area contributed by atoms with Crippen molar-refractivity contribution in [1.82, 2.24) is 0 Å². The number of methoxy groups -OCH3 is 1. The highest BCUT2D eigenvalue weighted by atomic mass is 35.5. The minimum atomic E-state index is -4.16. The van der Waals surface area contributed by atoms with Crippen molar-refractivity contribution in [3.8, 4) is 0 Å². The standard InChI is InChI=1S/C14H21Cl2NO5S/c1-3-4-8-12(22-23(17,18)19)14(21-9-20-2)13-10(15)6-5-7-11(13)16/h5-7,12,14H,3-4,8-9H2,1-2H3,(H2,17,18,19)/t12-,14+/m1/s1. The molecule has 0 spiro atoms. The molecule has 2 atom stereocenters. The fourth-order valence-corrected chi connectivity index (χ4v) is 3.28. The van der Waals surface area contributed by atoms with E-state index in [1.54, 1.807) is 18.2 Å². The van der Waals surface area contributed by atoms with E-state index in [0.717, 1.165) is 12.8 Å². The summed E-state index contributed by atoms with van der Waals surface area (Å²) >= 11 is 12.4. The highest BCUT2D eigenvalue weighted by Crippen LogP contribution is 2.37. The van der Waals surface area contributed by atoms with Crippen molar-refractivity contribution in [1.29, 1.82) is 0 Å². The number of unbranched alkanes of at least 4 members (excludes halogenated alkanes) is 1. The Morgan fingerprint density at radius 2 is 1.87 bits per heavy atom. The summed E-state index contributed by atoms with van der Waals surface area (Å²) in [6.07, 6.45) is 0.272. The van der Waals surface area contributed by atoms with Crippen molar-refractivity contribution in [3.05, 3.63) is 33.8 Å². The second kappa shape index (κ2) is 9.78. The largest absolute Gasteiger partial charge is 0.359 e. The van der Waals surface area contributed by atoms with Crippen LogP contribution in [0.15, 0.2) is 18.2 Å². The van der Waals surface area contributed by atoms with Crippen LogP contribution in [0.3, 0.4) is 0 Å². The molecule has 23 heavy (non-hydrogen) atoms. The third-order valence-corrected chi connectivity index (χ3v) is 4.26. The zero-order chi connectivity index (χ0) is 17.5. The molecule has 0 heterocycles. The maximum Gasteiger partial charge on any atom is 0.333 e. The van der Waals surface area contributed by atoms with Gasteiger partial charge in [0.2, 0.25) is 0 Å². The van der Waals surface area contributed by atoms with Crippen LogP contribution in [0.5, 0.6) is 0 Å². The second-order valence-corrected chi connectivity index (χ2v) is 6.89. The van der Waals surface area contributed by atoms with Crippen LogP contribution < -0.4 is 5.14 Å². The normalized spacial score (nSPS) is 14.7. The molecule has 1 rings (SSSR count). The molecule has 0 saturated carbocycles. The maximum atomic E-state index is 11.4. The van der Waals surface area contributed by atoms with Gasteiger partial charge in [-0.25, -0.2) is 5.14 Å². The molecular formula is C14H21Cl2NO5S. The second-order valence-electron chi connectivity index (χ2n) is 4.90. The molecule has 0 bridgehead atoms. The predicted molar refractivity (Wildman–Crippen MR) is 89.7 cm³/mol. The molecule has 132 valence electrons. The first-order chi connectivity index (χ1) is 10.8. The van der Waals surface area contributed by atoms with Gasteiger partial charge in [0.1, 0.15) is 19.0 Å². The van der Waals surface area contributed by atoms with Gasteiger partial charge >= 0.3 is 10.3 Å². The smallest absolute Gasteiger partial charge is 0.333 e. The summed E-state index contributed by atoms with van der Waals surface area (Å²) in [6.45, 7) is 1.89. The summed E-state index contributed by atoms with van der Waals surface area (Å²) in [6, 6.07) is 4.96. The van der Waals surface area contributed by atoms with E-state index in [4.69, 9.17) is 42.0 Å². The zero-order valence-corrected chi connectivity index (χ0v) is 15.3. The van der Waals surface area contributed by atoms with Gasteiger partial charge in [-0.3, -0.25) is 4.18 Å². The van der Waals surface area contributed by atoms with Crippen LogP contribution >= 0.6 is 23.2 Å². The Hall–Kier alpha value is -0.410. The van der Waals surface area contributed by atoms with Gasteiger partial charge in [0, 0.05) is 22.7 Å². The van der Waals surface area contributed by atoms with Crippen LogP contribution in [0.2, 0.25) is 10.0 Å². The summed E-state index contributed by atoms with van der Waals surface area (Å²) in [5.41, 5.74) is 0.442. The third kappa shape index (κ3) is 6.93. The number of nitrogens with two attached hydrogens (primary N) is 1. The number of rotatable bonds is 10. The van der Waals surface area contributed by atoms with E-state index >= 15 is 0 Å². The zero-order valence-electron chi connectivity index (χ0n) is 13.0. The van der Waals surface area contributed by atoms with E-state index in [2.05, 4.69) is 0 Å². The molecule has 6 nitrogen and oxygen atoms in total. The van der Waals surface area contributed by atoms with E-state index in [0.29, 0.717) is 22.0 Å². The first-order valence-corrected chi connectivity index (χ1v) is 9.28. The van der Waals surface area contributed by atoms with Crippen molar-refractivity contribution in [2.45, 2.75) is 38.4 Å². The SMILES string of the molecule is CCCC[C@@H](OS(N)(=O)=O)[C@H](OCOC)c1c(Cl)cccc1Cl. The Balaban J connectivity index is 3.22. The molecule has 0 aromatic heterocycles. The topological polar surface area (TPSA) is 87.9 Å². The van der Waals surface area contributed by atoms with Gasteiger partial charge in [-0.2, -0.15) is 8.42 Å². The third-order valence-electron chi connectivity index (χ3n) is 3.09. The van der Waals surface area contributed by atoms with E-state index < -0.39 is 22.5 Å². The van der Waals surface area contributed by atoms with Crippen LogP contribution in [0.1, 0.15) is 37.9 Å². The molecule has 0 aliphatic rings. The highest BCUT2D eigenvalue weighted by Gasteiger charge is 2.31. The fourth-order valence-electron chi connectivity index (χ4n) is 2.13. The number of ether oxygens (including phenoxy) is 2. The first-order valence-electron chi connectivity index (χ1n) is 7.05. The molecule has 0 aliphatic heterocycles. The minimum Gasteiger partial charge on any atom is -0.359 e. The Labute approximate surface area is 147 Å². The quantitative estimate of drug-likeness (QED) is 0.623. The maximum absolute atomic E-state index is 11.4. The Morgan fingerprint density at radius 3 is 2.35 bits per heavy atom. The summed E-state index contributed by atoms with van der Waals surface area (Å²) in [5, 5.41) is 5.72. The number of hydrogen-bond acceptors (Lipinski definition) is 5. The van der Waals surface area contributed by atoms with Crippen molar-refractivity contribution >= 4 is 33.5 Å². The van der Waals surface area contributed by atoms with Crippen LogP contribution in [0, 0.1) is 0 Å². The summed E-state index contributed by atoms with van der Waals surface area (Å²) in [7, 11) is -2.71. The van der Waals surface area contributed by atoms with Gasteiger partial charge < -0.3 is 9.47 Å². The molecule has 0 unspecified atom stereocenters. The summed E-state index contributed by atoms with van der Waals surface area (Å²) in [5.74, 6) is 0. The van der Waals surface area contributed by atoms with Crippen molar-refractivity contribution in [3.63, 3.8) is 0 Å². The van der Waals surface area contributed by atoms with Crippen molar-refractivity contribution in [2.75, 3.05) is 13.9 Å². The Kier molecular flexibility index (Phi) is 8.78. The molecule has 0 fully saturated rings. The van der Waals surface area contributed by atoms with E-state index in [1.807, 2.05) is 6.92 Å². The summed E-state index contributed by atoms with van der Waals surface area (Å²) < 4.78 is 38.3. The monoisotopic (exact) mass is 385 g/mol. The van der Waals surface area contributed by atoms with Gasteiger partial charge in [-0.15, -0.1) is 0 Å². The number of halogens is 2. The Morgan fingerprint density at radius 1 is 1.26 bits per heavy atom. The van der Waals surface area contributed by atoms with E-state index in [9.17, 15) is 8.42 Å². The summed E-state index contributed by atoms with van der Waals surface area (Å²) in [4.78, 5) is 0. The highest BCUT2D eigenvalue weighted by molar-refractivity contribution is 7.84. The number of benzene rings is 1. The lowest BCUT2D eigenvalue weighted by atomic mass is 10.00. The lowest BCUT2D eigenvalue weighted by molar-refractivity contribution is -0.109. The van der Waals surface area contributed by atoms with Crippen LogP contribution in [-0.2, 0) is 24.0 Å². The van der Waals surface area contributed by atoms with E-state index in [-0.39, 0.29) is 6.79 Å². The molecule has 2 N–H and O–H groups in total. The van der Waals surface area contributed by atoms with Crippen molar-refractivity contribution in [2.24, 2.45) is 5.14 Å². The molecule has 0 aliphatic carbocycles. The van der Waals surface area contributed by atoms with Crippen molar-refractivity contribution < 1.29 is 22.1 Å². The van der Waals surface area contributed by atoms with Crippen LogP contribution in [0.25, 0.3) is 0 Å². The number of hydrogen-bond donors (Lipinski definition) is 1.